The van der Waals surface area contributed by atoms with Crippen molar-refractivity contribution in [2.45, 2.75) is 37.9 Å². The number of hydrogen-bond donors (Lipinski definition) is 4. The third kappa shape index (κ3) is 3.10. The molecule has 1 aliphatic rings. The van der Waals surface area contributed by atoms with E-state index < -0.39 is 16.5 Å². The molecule has 2 heterocycles. The fourth-order valence-corrected chi connectivity index (χ4v) is 6.56. The molecule has 5 N–H and O–H groups in total. The third-order valence-corrected chi connectivity index (χ3v) is 8.00. The topological polar surface area (TPSA) is 99.3 Å². The molecule has 1 amide bonds. The minimum Gasteiger partial charge on any atom is -0.366 e. The zero-order chi connectivity index (χ0) is 17.6. The van der Waals surface area contributed by atoms with E-state index in [9.17, 15) is 13.9 Å². The Hall–Kier alpha value is -1.02. The van der Waals surface area contributed by atoms with E-state index in [0.29, 0.717) is 11.3 Å². The van der Waals surface area contributed by atoms with Crippen LogP contribution in [0.3, 0.4) is 0 Å². The molecule has 1 aliphatic heterocycles. The summed E-state index contributed by atoms with van der Waals surface area (Å²) in [6, 6.07) is 3.71. The molecule has 3 rings (SSSR count). The van der Waals surface area contributed by atoms with Crippen molar-refractivity contribution in [3.8, 4) is 0 Å². The highest BCUT2D eigenvalue weighted by atomic mass is 79.9. The van der Waals surface area contributed by atoms with Crippen molar-refractivity contribution in [3.63, 3.8) is 0 Å². The van der Waals surface area contributed by atoms with Crippen LogP contribution < -0.4 is 5.73 Å². The van der Waals surface area contributed by atoms with Gasteiger partial charge < -0.3 is 10.7 Å². The van der Waals surface area contributed by atoms with Crippen molar-refractivity contribution in [3.05, 3.63) is 33.9 Å². The Kier molecular flexibility index (Phi) is 4.72. The molecule has 0 spiro atoms. The molecule has 132 valence electrons. The van der Waals surface area contributed by atoms with Gasteiger partial charge in [0.2, 0.25) is 0 Å². The van der Waals surface area contributed by atoms with E-state index in [2.05, 4.69) is 20.9 Å². The maximum Gasteiger partial charge on any atom is 0.250 e. The molecule has 1 fully saturated rings. The van der Waals surface area contributed by atoms with Crippen molar-refractivity contribution in [2.24, 2.45) is 11.7 Å². The summed E-state index contributed by atoms with van der Waals surface area (Å²) in [5, 5.41) is 0.882. The first-order valence-electron chi connectivity index (χ1n) is 8.05. The number of primary amides is 1. The number of benzene rings is 1. The van der Waals surface area contributed by atoms with Gasteiger partial charge in [-0.15, -0.1) is 0 Å². The van der Waals surface area contributed by atoms with E-state index in [0.717, 1.165) is 33.8 Å². The van der Waals surface area contributed by atoms with Gasteiger partial charge in [0.1, 0.15) is 0 Å². The van der Waals surface area contributed by atoms with Crippen LogP contribution in [-0.4, -0.2) is 31.0 Å². The van der Waals surface area contributed by atoms with Gasteiger partial charge in [0.25, 0.3) is 5.91 Å². The second-order valence-corrected chi connectivity index (χ2v) is 10.3. The van der Waals surface area contributed by atoms with Crippen molar-refractivity contribution in [1.82, 2.24) is 4.98 Å². The quantitative estimate of drug-likeness (QED) is 0.586. The van der Waals surface area contributed by atoms with Crippen LogP contribution in [-0.2, 0) is 0 Å². The smallest absolute Gasteiger partial charge is 0.250 e. The standard InChI is InChI=1S/C17H23BrN2O3S/c1-9(2)15-5-10(3-4-24(15,22)23)14-8-20-16-12(14)6-11(18)7-13(16)17(19)21/h6-10,15,20,22-23H,3-5H2,1-2H3,(H2,19,21)/t10-,15+/m0/s1. The average Bonchev–Trinajstić information content (AvgIpc) is 2.89. The summed E-state index contributed by atoms with van der Waals surface area (Å²) in [6.07, 6.45) is 3.41. The Morgan fingerprint density at radius 3 is 2.75 bits per heavy atom. The normalized spacial score (nSPS) is 25.1. The lowest BCUT2D eigenvalue weighted by molar-refractivity contribution is 0.100. The zero-order valence-electron chi connectivity index (χ0n) is 13.8. The Morgan fingerprint density at radius 2 is 2.12 bits per heavy atom. The van der Waals surface area contributed by atoms with E-state index in [1.165, 1.54) is 0 Å². The molecule has 1 saturated heterocycles. The second kappa shape index (κ2) is 6.37. The number of aromatic nitrogens is 1. The SMILES string of the molecule is CC(C)[C@H]1C[C@@H](c2c[nH]c3c(C(N)=O)cc(Br)cc23)CCS1(O)O. The van der Waals surface area contributed by atoms with Crippen LogP contribution in [0.2, 0.25) is 0 Å². The molecular formula is C17H23BrN2O3S. The predicted molar refractivity (Wildman–Crippen MR) is 103 cm³/mol. The number of carbonyl (C=O) groups excluding carboxylic acids is 1. The third-order valence-electron chi connectivity index (χ3n) is 5.00. The number of H-pyrrole nitrogens is 1. The summed E-state index contributed by atoms with van der Waals surface area (Å²) in [6.45, 7) is 4.08. The van der Waals surface area contributed by atoms with Gasteiger partial charge in [-0.3, -0.25) is 13.9 Å². The molecule has 0 saturated carbocycles. The number of nitrogens with one attached hydrogen (secondary N) is 1. The first-order chi connectivity index (χ1) is 11.2. The first-order valence-corrected chi connectivity index (χ1v) is 10.6. The average molecular weight is 415 g/mol. The minimum atomic E-state index is -2.52. The van der Waals surface area contributed by atoms with Gasteiger partial charge in [-0.05, 0) is 42.4 Å². The highest BCUT2D eigenvalue weighted by molar-refractivity contribution is 9.10. The van der Waals surface area contributed by atoms with Crippen molar-refractivity contribution in [2.75, 3.05) is 5.75 Å². The van der Waals surface area contributed by atoms with Crippen molar-refractivity contribution in [1.29, 1.82) is 0 Å². The number of fused-ring (bicyclic) bond motifs is 1. The van der Waals surface area contributed by atoms with Gasteiger partial charge >= 0.3 is 0 Å². The summed E-state index contributed by atoms with van der Waals surface area (Å²) >= 11 is 3.45. The van der Waals surface area contributed by atoms with Gasteiger partial charge in [-0.25, -0.2) is 0 Å². The predicted octanol–water partition coefficient (Wildman–Crippen LogP) is 4.68. The summed E-state index contributed by atoms with van der Waals surface area (Å²) in [5.41, 5.74) is 7.82. The maximum absolute atomic E-state index is 11.7. The van der Waals surface area contributed by atoms with E-state index in [1.54, 1.807) is 6.07 Å². The number of amides is 1. The van der Waals surface area contributed by atoms with Crippen LogP contribution >= 0.6 is 26.5 Å². The molecule has 0 aliphatic carbocycles. The summed E-state index contributed by atoms with van der Waals surface area (Å²) in [4.78, 5) is 14.9. The monoisotopic (exact) mass is 414 g/mol. The molecular weight excluding hydrogens is 392 g/mol. The van der Waals surface area contributed by atoms with E-state index in [1.807, 2.05) is 26.1 Å². The summed E-state index contributed by atoms with van der Waals surface area (Å²) < 4.78 is 21.5. The van der Waals surface area contributed by atoms with Crippen molar-refractivity contribution >= 4 is 43.3 Å². The van der Waals surface area contributed by atoms with Crippen molar-refractivity contribution < 1.29 is 13.9 Å². The molecule has 1 aromatic heterocycles. The number of rotatable bonds is 3. The largest absolute Gasteiger partial charge is 0.366 e. The van der Waals surface area contributed by atoms with Crippen LogP contribution in [0.5, 0.6) is 0 Å². The number of carbonyl (C=O) groups is 1. The number of hydrogen-bond acceptors (Lipinski definition) is 3. The Morgan fingerprint density at radius 1 is 1.42 bits per heavy atom. The number of aromatic amines is 1. The van der Waals surface area contributed by atoms with Gasteiger partial charge in [-0.1, -0.05) is 29.8 Å². The molecule has 24 heavy (non-hydrogen) atoms. The number of halogens is 1. The lowest BCUT2D eigenvalue weighted by Crippen LogP contribution is -2.32. The molecule has 0 radical (unpaired) electrons. The van der Waals surface area contributed by atoms with Gasteiger partial charge in [0.05, 0.1) is 16.3 Å². The van der Waals surface area contributed by atoms with Gasteiger partial charge in [0, 0.05) is 21.8 Å². The summed E-state index contributed by atoms with van der Waals surface area (Å²) in [5.74, 6) is 0.425. The minimum absolute atomic E-state index is 0.0936. The molecule has 0 bridgehead atoms. The van der Waals surface area contributed by atoms with Crippen LogP contribution in [0.15, 0.2) is 22.8 Å². The Balaban J connectivity index is 2.03. The van der Waals surface area contributed by atoms with Crippen LogP contribution in [0.1, 0.15) is 48.5 Å². The highest BCUT2D eigenvalue weighted by Crippen LogP contribution is 2.56. The molecule has 1 aromatic carbocycles. The summed E-state index contributed by atoms with van der Waals surface area (Å²) in [7, 11) is -2.52. The second-order valence-electron chi connectivity index (χ2n) is 6.91. The van der Waals surface area contributed by atoms with Gasteiger partial charge in [-0.2, -0.15) is 10.6 Å². The van der Waals surface area contributed by atoms with Crippen LogP contribution in [0.25, 0.3) is 10.9 Å². The molecule has 2 aromatic rings. The van der Waals surface area contributed by atoms with E-state index >= 15 is 0 Å². The van der Waals surface area contributed by atoms with Crippen LogP contribution in [0, 0.1) is 5.92 Å². The molecule has 2 atom stereocenters. The highest BCUT2D eigenvalue weighted by Gasteiger charge is 2.37. The van der Waals surface area contributed by atoms with Gasteiger partial charge in [0.15, 0.2) is 0 Å². The molecule has 0 unspecified atom stereocenters. The van der Waals surface area contributed by atoms with Crippen LogP contribution in [0.4, 0.5) is 0 Å². The fourth-order valence-electron chi connectivity index (χ4n) is 3.76. The van der Waals surface area contributed by atoms with E-state index in [-0.39, 0.29) is 17.1 Å². The Labute approximate surface area is 151 Å². The molecule has 5 nitrogen and oxygen atoms in total. The van der Waals surface area contributed by atoms with E-state index in [4.69, 9.17) is 5.73 Å². The maximum atomic E-state index is 11.7. The zero-order valence-corrected chi connectivity index (χ0v) is 16.2. The Bertz CT molecular complexity index is 787. The molecule has 7 heteroatoms. The lowest BCUT2D eigenvalue weighted by Gasteiger charge is -2.48. The fraction of sp³-hybridized carbons (Fsp3) is 0.471. The lowest BCUT2D eigenvalue weighted by atomic mass is 9.88. The first kappa shape index (κ1) is 17.8. The number of nitrogens with two attached hydrogens (primary N) is 1.